The van der Waals surface area contributed by atoms with Gasteiger partial charge in [-0.05, 0) is 55.5 Å². The molecule has 2 amide bonds. The molecule has 31 heavy (non-hydrogen) atoms. The molecule has 0 bridgehead atoms. The zero-order chi connectivity index (χ0) is 22.2. The summed E-state index contributed by atoms with van der Waals surface area (Å²) in [6.07, 6.45) is 0. The maximum atomic E-state index is 12.2. The number of nitrogens with zero attached hydrogens (tertiary/aromatic N) is 2. The van der Waals surface area contributed by atoms with Crippen molar-refractivity contribution < 1.29 is 19.1 Å². The van der Waals surface area contributed by atoms with Gasteiger partial charge >= 0.3 is 5.97 Å². The number of nitrogens with one attached hydrogen (secondary N) is 2. The Morgan fingerprint density at radius 1 is 1.00 bits per heavy atom. The lowest BCUT2D eigenvalue weighted by atomic mass is 10.2. The molecule has 0 aliphatic carbocycles. The number of aromatic nitrogens is 2. The molecule has 0 saturated carbocycles. The molecule has 2 aromatic carbocycles. The summed E-state index contributed by atoms with van der Waals surface area (Å²) in [7, 11) is 0. The second-order valence-corrected chi connectivity index (χ2v) is 9.08. The molecule has 8 nitrogen and oxygen atoms in total. The number of rotatable bonds is 8. The van der Waals surface area contributed by atoms with Crippen molar-refractivity contribution in [2.75, 3.05) is 23.0 Å². The Morgan fingerprint density at radius 2 is 1.68 bits per heavy atom. The molecule has 0 spiro atoms. The normalized spacial score (nSPS) is 10.4. The molecule has 0 atom stereocenters. The minimum atomic E-state index is -0.407. The Morgan fingerprint density at radius 3 is 2.35 bits per heavy atom. The van der Waals surface area contributed by atoms with Gasteiger partial charge in [-0.15, -0.1) is 10.2 Å². The summed E-state index contributed by atoms with van der Waals surface area (Å²) < 4.78 is 6.36. The monoisotopic (exact) mass is 520 g/mol. The maximum absolute atomic E-state index is 12.2. The van der Waals surface area contributed by atoms with E-state index in [2.05, 4.69) is 36.8 Å². The smallest absolute Gasteiger partial charge is 0.338 e. The van der Waals surface area contributed by atoms with Crippen molar-refractivity contribution in [2.24, 2.45) is 0 Å². The molecule has 0 saturated heterocycles. The average Bonchev–Trinajstić information content (AvgIpc) is 3.20. The van der Waals surface area contributed by atoms with Crippen LogP contribution in [0.1, 0.15) is 27.6 Å². The first-order valence-electron chi connectivity index (χ1n) is 9.05. The lowest BCUT2D eigenvalue weighted by Crippen LogP contribution is -2.14. The number of thioether (sulfide) groups is 1. The van der Waals surface area contributed by atoms with Crippen LogP contribution in [0.3, 0.4) is 0 Å². The molecule has 3 rings (SSSR count). The van der Waals surface area contributed by atoms with E-state index >= 15 is 0 Å². The fraction of sp³-hybridized carbons (Fsp3) is 0.150. The molecule has 0 aliphatic heterocycles. The topological polar surface area (TPSA) is 110 Å². The molecule has 3 aromatic rings. The van der Waals surface area contributed by atoms with Gasteiger partial charge in [0.25, 0.3) is 5.91 Å². The highest BCUT2D eigenvalue weighted by Crippen LogP contribution is 2.26. The molecular weight excluding hydrogens is 504 g/mol. The molecule has 160 valence electrons. The van der Waals surface area contributed by atoms with Gasteiger partial charge in [0.1, 0.15) is 0 Å². The third kappa shape index (κ3) is 6.88. The first-order valence-corrected chi connectivity index (χ1v) is 11.6. The minimum absolute atomic E-state index is 0.120. The molecule has 1 aromatic heterocycles. The van der Waals surface area contributed by atoms with Crippen molar-refractivity contribution in [3.63, 3.8) is 0 Å². The van der Waals surface area contributed by atoms with Gasteiger partial charge in [0, 0.05) is 15.7 Å². The summed E-state index contributed by atoms with van der Waals surface area (Å²) >= 11 is 5.72. The molecule has 0 aliphatic rings. The Labute approximate surface area is 194 Å². The number of esters is 1. The highest BCUT2D eigenvalue weighted by Gasteiger charge is 2.12. The van der Waals surface area contributed by atoms with Crippen LogP contribution in [0.15, 0.2) is 57.3 Å². The van der Waals surface area contributed by atoms with E-state index in [4.69, 9.17) is 4.74 Å². The van der Waals surface area contributed by atoms with Crippen LogP contribution in [0.2, 0.25) is 0 Å². The van der Waals surface area contributed by atoms with Gasteiger partial charge in [-0.2, -0.15) is 0 Å². The molecule has 2 N–H and O–H groups in total. The summed E-state index contributed by atoms with van der Waals surface area (Å²) in [5, 5.41) is 13.7. The van der Waals surface area contributed by atoms with E-state index in [0.717, 1.165) is 4.47 Å². The number of carbonyl (C=O) groups excluding carboxylic acids is 3. The van der Waals surface area contributed by atoms with E-state index < -0.39 is 5.97 Å². The van der Waals surface area contributed by atoms with Crippen LogP contribution in [0, 0.1) is 0 Å². The summed E-state index contributed by atoms with van der Waals surface area (Å²) in [6, 6.07) is 13.4. The van der Waals surface area contributed by atoms with Crippen LogP contribution < -0.4 is 10.6 Å². The van der Waals surface area contributed by atoms with Crippen LogP contribution in [-0.2, 0) is 9.53 Å². The number of halogens is 1. The molecule has 1 heterocycles. The zero-order valence-corrected chi connectivity index (χ0v) is 19.5. The van der Waals surface area contributed by atoms with E-state index in [1.165, 1.54) is 23.1 Å². The first-order chi connectivity index (χ1) is 14.9. The predicted molar refractivity (Wildman–Crippen MR) is 124 cm³/mol. The molecule has 0 unspecified atom stereocenters. The highest BCUT2D eigenvalue weighted by molar-refractivity contribution is 9.10. The van der Waals surface area contributed by atoms with Gasteiger partial charge in [0.15, 0.2) is 4.34 Å². The van der Waals surface area contributed by atoms with Crippen molar-refractivity contribution in [2.45, 2.75) is 11.3 Å². The second kappa shape index (κ2) is 11.0. The van der Waals surface area contributed by atoms with E-state index in [1.807, 2.05) is 0 Å². The summed E-state index contributed by atoms with van der Waals surface area (Å²) in [6.45, 7) is 2.04. The van der Waals surface area contributed by atoms with Gasteiger partial charge < -0.3 is 10.1 Å². The van der Waals surface area contributed by atoms with Crippen LogP contribution >= 0.6 is 39.0 Å². The van der Waals surface area contributed by atoms with E-state index in [0.29, 0.717) is 32.9 Å². The quantitative estimate of drug-likeness (QED) is 0.256. The van der Waals surface area contributed by atoms with Gasteiger partial charge in [0.05, 0.1) is 17.9 Å². The van der Waals surface area contributed by atoms with Crippen LogP contribution in [0.25, 0.3) is 0 Å². The predicted octanol–water partition coefficient (Wildman–Crippen LogP) is 4.46. The summed E-state index contributed by atoms with van der Waals surface area (Å²) in [5.74, 6) is -0.807. The van der Waals surface area contributed by atoms with Crippen molar-refractivity contribution >= 4 is 67.6 Å². The largest absolute Gasteiger partial charge is 0.462 e. The fourth-order valence-corrected chi connectivity index (χ4v) is 4.13. The number of hydrogen-bond donors (Lipinski definition) is 2. The van der Waals surface area contributed by atoms with Crippen molar-refractivity contribution in [1.29, 1.82) is 0 Å². The lowest BCUT2D eigenvalue weighted by molar-refractivity contribution is -0.113. The average molecular weight is 521 g/mol. The van der Waals surface area contributed by atoms with Gasteiger partial charge in [-0.3, -0.25) is 14.9 Å². The second-order valence-electron chi connectivity index (χ2n) is 5.97. The molecular formula is C20H17BrN4O4S2. The van der Waals surface area contributed by atoms with Crippen LogP contribution in [0.4, 0.5) is 10.8 Å². The minimum Gasteiger partial charge on any atom is -0.462 e. The SMILES string of the molecule is CCOC(=O)c1ccc(NC(=O)CSc2nnc(NC(=O)c3ccc(Br)cc3)s2)cc1. The number of hydrogen-bond acceptors (Lipinski definition) is 8. The van der Waals surface area contributed by atoms with Crippen LogP contribution in [-0.4, -0.2) is 40.3 Å². The standard InChI is InChI=1S/C20H17BrN4O4S2/c1-2-29-18(28)13-5-9-15(10-6-13)22-16(26)11-30-20-25-24-19(31-20)23-17(27)12-3-7-14(21)8-4-12/h3-10H,2,11H2,1H3,(H,22,26)(H,23,24,27). The number of carbonyl (C=O) groups is 3. The summed E-state index contributed by atoms with van der Waals surface area (Å²) in [5.41, 5.74) is 1.49. The number of anilines is 2. The number of amides is 2. The van der Waals surface area contributed by atoms with E-state index in [1.54, 1.807) is 55.5 Å². The summed E-state index contributed by atoms with van der Waals surface area (Å²) in [4.78, 5) is 36.0. The van der Waals surface area contributed by atoms with Crippen molar-refractivity contribution in [3.8, 4) is 0 Å². The van der Waals surface area contributed by atoms with Crippen LogP contribution in [0.5, 0.6) is 0 Å². The molecule has 11 heteroatoms. The lowest BCUT2D eigenvalue weighted by Gasteiger charge is -2.06. The first kappa shape index (κ1) is 22.9. The Balaban J connectivity index is 1.47. The third-order valence-corrected chi connectivity index (χ3v) is 6.24. The Bertz CT molecular complexity index is 1070. The van der Waals surface area contributed by atoms with Gasteiger partial charge in [0.2, 0.25) is 11.0 Å². The van der Waals surface area contributed by atoms with E-state index in [9.17, 15) is 14.4 Å². The molecule has 0 radical (unpaired) electrons. The highest BCUT2D eigenvalue weighted by atomic mass is 79.9. The van der Waals surface area contributed by atoms with Gasteiger partial charge in [-0.1, -0.05) is 39.0 Å². The van der Waals surface area contributed by atoms with E-state index in [-0.39, 0.29) is 17.6 Å². The number of ether oxygens (including phenoxy) is 1. The van der Waals surface area contributed by atoms with Crippen molar-refractivity contribution in [1.82, 2.24) is 10.2 Å². The Hall–Kier alpha value is -2.76. The third-order valence-electron chi connectivity index (χ3n) is 3.74. The van der Waals surface area contributed by atoms with Gasteiger partial charge in [-0.25, -0.2) is 4.79 Å². The number of benzene rings is 2. The molecule has 0 fully saturated rings. The fourth-order valence-electron chi connectivity index (χ4n) is 2.32. The van der Waals surface area contributed by atoms with Crippen molar-refractivity contribution in [3.05, 3.63) is 64.1 Å². The zero-order valence-electron chi connectivity index (χ0n) is 16.3. The maximum Gasteiger partial charge on any atom is 0.338 e. The Kier molecular flexibility index (Phi) is 8.15.